The molecule has 4 aromatic rings. The maximum absolute atomic E-state index is 10.0. The number of nitrogens with one attached hydrogen (secondary N) is 1. The number of nitrogens with two attached hydrogens (primary N) is 1. The summed E-state index contributed by atoms with van der Waals surface area (Å²) in [5, 5.41) is 29.4. The van der Waals surface area contributed by atoms with Gasteiger partial charge in [-0.25, -0.2) is 0 Å². The molecule has 5 rings (SSSR count). The van der Waals surface area contributed by atoms with E-state index in [1.807, 2.05) is 48.5 Å². The van der Waals surface area contributed by atoms with Gasteiger partial charge in [-0.15, -0.1) is 5.10 Å². The Morgan fingerprint density at radius 1 is 1.07 bits per heavy atom. The van der Waals surface area contributed by atoms with Crippen LogP contribution in [0.3, 0.4) is 0 Å². The zero-order chi connectivity index (χ0) is 20.0. The highest BCUT2D eigenvalue weighted by molar-refractivity contribution is 5.97. The van der Waals surface area contributed by atoms with Gasteiger partial charge in [-0.2, -0.15) is 5.26 Å². The van der Waals surface area contributed by atoms with Crippen molar-refractivity contribution in [3.63, 3.8) is 0 Å². The van der Waals surface area contributed by atoms with Crippen molar-refractivity contribution >= 4 is 10.8 Å². The van der Waals surface area contributed by atoms with Crippen LogP contribution in [0.2, 0.25) is 0 Å². The minimum atomic E-state index is -0.511. The summed E-state index contributed by atoms with van der Waals surface area (Å²) in [6.07, 6.45) is 0. The summed E-state index contributed by atoms with van der Waals surface area (Å²) in [4.78, 5) is 0. The third-order valence-electron chi connectivity index (χ3n) is 5.20. The van der Waals surface area contributed by atoms with Crippen LogP contribution >= 0.6 is 0 Å². The van der Waals surface area contributed by atoms with Gasteiger partial charge in [0, 0.05) is 5.56 Å². The van der Waals surface area contributed by atoms with Crippen LogP contribution in [0.25, 0.3) is 22.0 Å². The van der Waals surface area contributed by atoms with E-state index in [-0.39, 0.29) is 17.2 Å². The molecule has 1 atom stereocenters. The lowest BCUT2D eigenvalue weighted by molar-refractivity contribution is 0.378. The Balaban J connectivity index is 1.80. The zero-order valence-corrected chi connectivity index (χ0v) is 15.3. The number of hydrogen-bond acceptors (Lipinski definition) is 5. The lowest BCUT2D eigenvalue weighted by atomic mass is 9.82. The summed E-state index contributed by atoms with van der Waals surface area (Å²) in [6.45, 7) is 0. The lowest BCUT2D eigenvalue weighted by Crippen LogP contribution is -2.20. The normalized spacial score (nSPS) is 15.6. The third-order valence-corrected chi connectivity index (χ3v) is 5.20. The molecule has 29 heavy (non-hydrogen) atoms. The first kappa shape index (κ1) is 16.9. The number of fused-ring (bicyclic) bond motifs is 2. The number of nitriles is 1. The van der Waals surface area contributed by atoms with E-state index < -0.39 is 5.92 Å². The standard InChI is InChI=1S/C23H16N4O2/c24-12-18-19(14-7-3-8-15(28)11-14)20-21(26-27-23(20)29-22(18)25)17-10-4-6-13-5-1-2-9-16(13)17/h1-11,19,28H,25H2,(H,26,27). The largest absolute Gasteiger partial charge is 0.508 e. The van der Waals surface area contributed by atoms with Crippen LogP contribution in [-0.4, -0.2) is 15.3 Å². The summed E-state index contributed by atoms with van der Waals surface area (Å²) >= 11 is 0. The van der Waals surface area contributed by atoms with E-state index in [0.717, 1.165) is 33.2 Å². The molecule has 1 aliphatic heterocycles. The molecule has 3 aromatic carbocycles. The second kappa shape index (κ2) is 6.43. The predicted molar refractivity (Wildman–Crippen MR) is 109 cm³/mol. The molecule has 4 N–H and O–H groups in total. The van der Waals surface area contributed by atoms with Gasteiger partial charge in [0.2, 0.25) is 11.8 Å². The molecule has 0 aliphatic carbocycles. The number of H-pyrrole nitrogens is 1. The number of rotatable bonds is 2. The summed E-state index contributed by atoms with van der Waals surface area (Å²) in [7, 11) is 0. The van der Waals surface area contributed by atoms with Gasteiger partial charge < -0.3 is 15.6 Å². The average molecular weight is 380 g/mol. The zero-order valence-electron chi connectivity index (χ0n) is 15.3. The van der Waals surface area contributed by atoms with Crippen molar-refractivity contribution in [2.24, 2.45) is 5.73 Å². The van der Waals surface area contributed by atoms with Crippen molar-refractivity contribution in [1.82, 2.24) is 10.2 Å². The molecule has 0 spiro atoms. The molecule has 1 aliphatic rings. The average Bonchev–Trinajstić information content (AvgIpc) is 3.15. The van der Waals surface area contributed by atoms with Crippen LogP contribution < -0.4 is 10.5 Å². The predicted octanol–water partition coefficient (Wildman–Crippen LogP) is 4.15. The third kappa shape index (κ3) is 2.60. The highest BCUT2D eigenvalue weighted by atomic mass is 16.5. The van der Waals surface area contributed by atoms with Crippen LogP contribution in [0.1, 0.15) is 17.0 Å². The Bertz CT molecular complexity index is 1320. The number of phenolic OH excluding ortho intramolecular Hbond substituents is 1. The van der Waals surface area contributed by atoms with Crippen LogP contribution in [0.5, 0.6) is 11.6 Å². The van der Waals surface area contributed by atoms with Crippen molar-refractivity contribution in [2.45, 2.75) is 5.92 Å². The van der Waals surface area contributed by atoms with Crippen molar-refractivity contribution < 1.29 is 9.84 Å². The first-order chi connectivity index (χ1) is 14.2. The summed E-state index contributed by atoms with van der Waals surface area (Å²) in [5.41, 5.74) is 9.47. The molecule has 1 aromatic heterocycles. The molecular formula is C23H16N4O2. The molecule has 0 bridgehead atoms. The van der Waals surface area contributed by atoms with Gasteiger partial charge in [0.1, 0.15) is 17.4 Å². The summed E-state index contributed by atoms with van der Waals surface area (Å²) < 4.78 is 5.66. The van der Waals surface area contributed by atoms with Gasteiger partial charge in [-0.1, -0.05) is 54.6 Å². The van der Waals surface area contributed by atoms with E-state index in [1.165, 1.54) is 0 Å². The monoisotopic (exact) mass is 380 g/mol. The Morgan fingerprint density at radius 3 is 2.69 bits per heavy atom. The smallest absolute Gasteiger partial charge is 0.244 e. The van der Waals surface area contributed by atoms with E-state index in [0.29, 0.717) is 5.88 Å². The van der Waals surface area contributed by atoms with Gasteiger partial charge in [0.05, 0.1) is 17.2 Å². The minimum absolute atomic E-state index is 0.0179. The van der Waals surface area contributed by atoms with E-state index >= 15 is 0 Å². The molecule has 140 valence electrons. The fourth-order valence-electron chi connectivity index (χ4n) is 3.93. The van der Waals surface area contributed by atoms with Crippen molar-refractivity contribution in [3.05, 3.63) is 89.3 Å². The molecule has 0 saturated heterocycles. The number of aromatic amines is 1. The first-order valence-corrected chi connectivity index (χ1v) is 9.10. The van der Waals surface area contributed by atoms with Gasteiger partial charge in [-0.05, 0) is 28.5 Å². The molecule has 0 amide bonds. The maximum atomic E-state index is 10.0. The minimum Gasteiger partial charge on any atom is -0.508 e. The molecule has 6 heteroatoms. The SMILES string of the molecule is N#CC1=C(N)Oc2n[nH]c(-c3cccc4ccccc34)c2C1c1cccc(O)c1. The number of hydrogen-bond donors (Lipinski definition) is 3. The van der Waals surface area contributed by atoms with Crippen molar-refractivity contribution in [1.29, 1.82) is 5.26 Å². The van der Waals surface area contributed by atoms with Gasteiger partial charge in [0.15, 0.2) is 0 Å². The Hall–Kier alpha value is -4.24. The number of aromatic hydroxyl groups is 1. The van der Waals surface area contributed by atoms with Crippen LogP contribution in [0, 0.1) is 11.3 Å². The molecule has 2 heterocycles. The Morgan fingerprint density at radius 2 is 1.86 bits per heavy atom. The van der Waals surface area contributed by atoms with Crippen LogP contribution in [0.4, 0.5) is 0 Å². The second-order valence-electron chi connectivity index (χ2n) is 6.86. The Kier molecular flexibility index (Phi) is 3.75. The lowest BCUT2D eigenvalue weighted by Gasteiger charge is -2.24. The highest BCUT2D eigenvalue weighted by Gasteiger charge is 2.36. The fraction of sp³-hybridized carbons (Fsp3) is 0.0435. The van der Waals surface area contributed by atoms with Crippen molar-refractivity contribution in [2.75, 3.05) is 0 Å². The quantitative estimate of drug-likeness (QED) is 0.484. The van der Waals surface area contributed by atoms with Gasteiger partial charge >= 0.3 is 0 Å². The molecule has 0 fully saturated rings. The topological polar surface area (TPSA) is 108 Å². The highest BCUT2D eigenvalue weighted by Crippen LogP contribution is 2.46. The summed E-state index contributed by atoms with van der Waals surface area (Å²) in [5.74, 6) is -0.0488. The first-order valence-electron chi connectivity index (χ1n) is 9.10. The van der Waals surface area contributed by atoms with Gasteiger partial charge in [0.25, 0.3) is 0 Å². The maximum Gasteiger partial charge on any atom is 0.244 e. The fourth-order valence-corrected chi connectivity index (χ4v) is 3.93. The number of aromatic nitrogens is 2. The second-order valence-corrected chi connectivity index (χ2v) is 6.86. The molecule has 6 nitrogen and oxygen atoms in total. The number of phenols is 1. The van der Waals surface area contributed by atoms with E-state index in [2.05, 4.69) is 16.3 Å². The number of allylic oxidation sites excluding steroid dienone is 1. The number of benzene rings is 3. The summed E-state index contributed by atoms with van der Waals surface area (Å²) in [6, 6.07) is 23.1. The molecule has 0 radical (unpaired) electrons. The van der Waals surface area contributed by atoms with E-state index in [9.17, 15) is 10.4 Å². The molecule has 1 unspecified atom stereocenters. The van der Waals surface area contributed by atoms with Crippen molar-refractivity contribution in [3.8, 4) is 29.0 Å². The number of ether oxygens (including phenoxy) is 1. The molecule has 0 saturated carbocycles. The molecular weight excluding hydrogens is 364 g/mol. The van der Waals surface area contributed by atoms with E-state index in [1.54, 1.807) is 18.2 Å². The van der Waals surface area contributed by atoms with Crippen LogP contribution in [-0.2, 0) is 0 Å². The van der Waals surface area contributed by atoms with Crippen LogP contribution in [0.15, 0.2) is 78.2 Å². The Labute approximate surface area is 166 Å². The van der Waals surface area contributed by atoms with Gasteiger partial charge in [-0.3, -0.25) is 5.10 Å². The number of nitrogens with zero attached hydrogens (tertiary/aromatic N) is 2. The van der Waals surface area contributed by atoms with E-state index in [4.69, 9.17) is 10.5 Å².